The molecule has 1 aliphatic heterocycles. The summed E-state index contributed by atoms with van der Waals surface area (Å²) < 4.78 is 18.5. The number of likely N-dealkylation sites (tertiary alicyclic amines) is 1. The lowest BCUT2D eigenvalue weighted by Gasteiger charge is -2.30. The van der Waals surface area contributed by atoms with Crippen molar-refractivity contribution in [3.63, 3.8) is 0 Å². The molecule has 0 spiro atoms. The molecule has 0 unspecified atom stereocenters. The fourth-order valence-corrected chi connectivity index (χ4v) is 3.45. The molecular formula is C16H22FNO2S. The highest BCUT2D eigenvalue weighted by molar-refractivity contribution is 7.99. The van der Waals surface area contributed by atoms with E-state index in [4.69, 9.17) is 4.74 Å². The van der Waals surface area contributed by atoms with Gasteiger partial charge in [0.15, 0.2) is 0 Å². The second kappa shape index (κ2) is 8.39. The van der Waals surface area contributed by atoms with E-state index >= 15 is 0 Å². The Morgan fingerprint density at radius 2 is 2.10 bits per heavy atom. The number of nitrogens with zero attached hydrogens (tertiary/aromatic N) is 1. The van der Waals surface area contributed by atoms with Gasteiger partial charge in [-0.15, -0.1) is 11.8 Å². The summed E-state index contributed by atoms with van der Waals surface area (Å²) in [5.41, 5.74) is 0. The Morgan fingerprint density at radius 1 is 1.38 bits per heavy atom. The predicted molar refractivity (Wildman–Crippen MR) is 82.9 cm³/mol. The van der Waals surface area contributed by atoms with E-state index in [0.29, 0.717) is 11.5 Å². The molecule has 1 heterocycles. The Bertz CT molecular complexity index is 461. The zero-order valence-electron chi connectivity index (χ0n) is 12.4. The first-order valence-corrected chi connectivity index (χ1v) is 8.45. The summed E-state index contributed by atoms with van der Waals surface area (Å²) in [5.74, 6) is 0.715. The highest BCUT2D eigenvalue weighted by atomic mass is 32.2. The molecule has 1 aliphatic rings. The number of rotatable bonds is 6. The zero-order valence-corrected chi connectivity index (χ0v) is 13.2. The molecular weight excluding hydrogens is 289 g/mol. The summed E-state index contributed by atoms with van der Waals surface area (Å²) in [4.78, 5) is 14.7. The lowest BCUT2D eigenvalue weighted by Crippen LogP contribution is -2.38. The SMILES string of the molecule is CCOC(=O)C1CCN(CCSc2ccccc2F)CC1. The first kappa shape index (κ1) is 16.3. The van der Waals surface area contributed by atoms with Crippen molar-refractivity contribution in [1.29, 1.82) is 0 Å². The van der Waals surface area contributed by atoms with Gasteiger partial charge in [-0.05, 0) is 45.0 Å². The number of thioether (sulfide) groups is 1. The van der Waals surface area contributed by atoms with E-state index in [0.717, 1.165) is 38.2 Å². The fraction of sp³-hybridized carbons (Fsp3) is 0.562. The molecule has 2 rings (SSSR count). The molecule has 21 heavy (non-hydrogen) atoms. The largest absolute Gasteiger partial charge is 0.466 e. The standard InChI is InChI=1S/C16H22FNO2S/c1-2-20-16(19)13-7-9-18(10-8-13)11-12-21-15-6-4-3-5-14(15)17/h3-6,13H,2,7-12H2,1H3. The zero-order chi connectivity index (χ0) is 15.1. The normalized spacial score (nSPS) is 16.9. The van der Waals surface area contributed by atoms with Crippen LogP contribution in [0, 0.1) is 11.7 Å². The monoisotopic (exact) mass is 311 g/mol. The average molecular weight is 311 g/mol. The number of carbonyl (C=O) groups is 1. The number of hydrogen-bond acceptors (Lipinski definition) is 4. The van der Waals surface area contributed by atoms with Gasteiger partial charge in [0.1, 0.15) is 5.82 Å². The molecule has 1 fully saturated rings. The van der Waals surface area contributed by atoms with E-state index in [1.165, 1.54) is 6.07 Å². The minimum absolute atomic E-state index is 0.0559. The van der Waals surface area contributed by atoms with Gasteiger partial charge in [-0.25, -0.2) is 4.39 Å². The van der Waals surface area contributed by atoms with Crippen molar-refractivity contribution < 1.29 is 13.9 Å². The quantitative estimate of drug-likeness (QED) is 0.596. The Labute approximate surface area is 129 Å². The first-order valence-electron chi connectivity index (χ1n) is 7.47. The summed E-state index contributed by atoms with van der Waals surface area (Å²) in [6, 6.07) is 6.87. The van der Waals surface area contributed by atoms with E-state index < -0.39 is 0 Å². The minimum Gasteiger partial charge on any atom is -0.466 e. The fourth-order valence-electron chi connectivity index (χ4n) is 2.50. The summed E-state index contributed by atoms with van der Waals surface area (Å²) in [7, 11) is 0. The number of hydrogen-bond donors (Lipinski definition) is 0. The lowest BCUT2D eigenvalue weighted by atomic mass is 9.97. The Morgan fingerprint density at radius 3 is 2.76 bits per heavy atom. The van der Waals surface area contributed by atoms with Crippen molar-refractivity contribution >= 4 is 17.7 Å². The van der Waals surface area contributed by atoms with E-state index in [1.807, 2.05) is 19.1 Å². The van der Waals surface area contributed by atoms with Crippen molar-refractivity contribution in [1.82, 2.24) is 4.90 Å². The number of halogens is 1. The molecule has 0 atom stereocenters. The molecule has 1 saturated heterocycles. The van der Waals surface area contributed by atoms with Crippen molar-refractivity contribution in [2.45, 2.75) is 24.7 Å². The van der Waals surface area contributed by atoms with Crippen LogP contribution in [-0.4, -0.2) is 42.9 Å². The molecule has 0 radical (unpaired) electrons. The number of ether oxygens (including phenoxy) is 1. The molecule has 0 saturated carbocycles. The maximum Gasteiger partial charge on any atom is 0.309 e. The molecule has 1 aromatic carbocycles. The van der Waals surface area contributed by atoms with Gasteiger partial charge in [-0.1, -0.05) is 12.1 Å². The van der Waals surface area contributed by atoms with Crippen LogP contribution >= 0.6 is 11.8 Å². The average Bonchev–Trinajstić information content (AvgIpc) is 2.50. The van der Waals surface area contributed by atoms with E-state index in [-0.39, 0.29) is 17.7 Å². The van der Waals surface area contributed by atoms with Crippen LogP contribution in [0.1, 0.15) is 19.8 Å². The van der Waals surface area contributed by atoms with Crippen LogP contribution in [0.2, 0.25) is 0 Å². The van der Waals surface area contributed by atoms with Gasteiger partial charge >= 0.3 is 5.97 Å². The first-order chi connectivity index (χ1) is 10.2. The number of esters is 1. The molecule has 0 bridgehead atoms. The predicted octanol–water partition coefficient (Wildman–Crippen LogP) is 3.19. The van der Waals surface area contributed by atoms with Crippen LogP contribution in [0.15, 0.2) is 29.2 Å². The highest BCUT2D eigenvalue weighted by Gasteiger charge is 2.25. The third-order valence-electron chi connectivity index (χ3n) is 3.71. The summed E-state index contributed by atoms with van der Waals surface area (Å²) >= 11 is 1.55. The molecule has 3 nitrogen and oxygen atoms in total. The second-order valence-electron chi connectivity index (χ2n) is 5.15. The van der Waals surface area contributed by atoms with Gasteiger partial charge in [0.25, 0.3) is 0 Å². The molecule has 1 aromatic rings. The topological polar surface area (TPSA) is 29.5 Å². The van der Waals surface area contributed by atoms with Gasteiger partial charge < -0.3 is 9.64 Å². The van der Waals surface area contributed by atoms with Gasteiger partial charge in [0, 0.05) is 17.2 Å². The summed E-state index contributed by atoms with van der Waals surface area (Å²) in [5, 5.41) is 0. The summed E-state index contributed by atoms with van der Waals surface area (Å²) in [6.45, 7) is 5.06. The van der Waals surface area contributed by atoms with Crippen LogP contribution in [0.5, 0.6) is 0 Å². The van der Waals surface area contributed by atoms with Gasteiger partial charge in [-0.2, -0.15) is 0 Å². The molecule has 116 valence electrons. The Hall–Kier alpha value is -1.07. The third-order valence-corrected chi connectivity index (χ3v) is 4.74. The van der Waals surface area contributed by atoms with Crippen LogP contribution in [0.4, 0.5) is 4.39 Å². The van der Waals surface area contributed by atoms with Crippen molar-refractivity contribution in [2.75, 3.05) is 32.0 Å². The molecule has 0 aliphatic carbocycles. The van der Waals surface area contributed by atoms with Crippen LogP contribution in [0.3, 0.4) is 0 Å². The van der Waals surface area contributed by atoms with Gasteiger partial charge in [0.2, 0.25) is 0 Å². The van der Waals surface area contributed by atoms with Crippen LogP contribution in [-0.2, 0) is 9.53 Å². The smallest absolute Gasteiger partial charge is 0.309 e. The second-order valence-corrected chi connectivity index (χ2v) is 6.28. The van der Waals surface area contributed by atoms with Gasteiger partial charge in [-0.3, -0.25) is 4.79 Å². The van der Waals surface area contributed by atoms with Crippen molar-refractivity contribution in [3.05, 3.63) is 30.1 Å². The number of carbonyl (C=O) groups excluding carboxylic acids is 1. The highest BCUT2D eigenvalue weighted by Crippen LogP contribution is 2.23. The molecule has 5 heteroatoms. The van der Waals surface area contributed by atoms with Gasteiger partial charge in [0.05, 0.1) is 12.5 Å². The summed E-state index contributed by atoms with van der Waals surface area (Å²) in [6.07, 6.45) is 1.73. The Kier molecular flexibility index (Phi) is 6.51. The van der Waals surface area contributed by atoms with Crippen molar-refractivity contribution in [2.24, 2.45) is 5.92 Å². The number of benzene rings is 1. The molecule has 0 N–H and O–H groups in total. The maximum atomic E-state index is 13.5. The Balaban J connectivity index is 1.67. The van der Waals surface area contributed by atoms with E-state index in [9.17, 15) is 9.18 Å². The maximum absolute atomic E-state index is 13.5. The molecule has 0 aromatic heterocycles. The molecule has 0 amide bonds. The number of piperidine rings is 1. The van der Waals surface area contributed by atoms with Crippen LogP contribution < -0.4 is 0 Å². The van der Waals surface area contributed by atoms with E-state index in [1.54, 1.807) is 17.8 Å². The van der Waals surface area contributed by atoms with Crippen molar-refractivity contribution in [3.8, 4) is 0 Å². The minimum atomic E-state index is -0.150. The third kappa shape index (κ3) is 5.00. The lowest BCUT2D eigenvalue weighted by molar-refractivity contribution is -0.149. The van der Waals surface area contributed by atoms with Crippen LogP contribution in [0.25, 0.3) is 0 Å². The van der Waals surface area contributed by atoms with E-state index in [2.05, 4.69) is 4.90 Å².